The van der Waals surface area contributed by atoms with Gasteiger partial charge in [0.2, 0.25) is 0 Å². The summed E-state index contributed by atoms with van der Waals surface area (Å²) in [4.78, 5) is 0. The second-order valence-electron chi connectivity index (χ2n) is 13.2. The zero-order valence-corrected chi connectivity index (χ0v) is 33.3. The monoisotopic (exact) mass is 759 g/mol. The molecule has 53 heavy (non-hydrogen) atoms. The van der Waals surface area contributed by atoms with Crippen LogP contribution in [0.3, 0.4) is 0 Å². The molecule has 0 saturated heterocycles. The van der Waals surface area contributed by atoms with Crippen LogP contribution >= 0.6 is 15.9 Å². The van der Waals surface area contributed by atoms with Gasteiger partial charge in [-0.3, -0.25) is 0 Å². The van der Waals surface area contributed by atoms with E-state index in [1.165, 1.54) is 27.8 Å². The van der Waals surface area contributed by atoms with Crippen LogP contribution in [0.25, 0.3) is 28.2 Å². The van der Waals surface area contributed by atoms with Crippen molar-refractivity contribution in [2.45, 2.75) is 46.5 Å². The minimum Gasteiger partial charge on any atom is -0.460 e. The topological polar surface area (TPSA) is 25.2 Å². The van der Waals surface area contributed by atoms with Crippen LogP contribution < -0.4 is 5.32 Å². The van der Waals surface area contributed by atoms with E-state index in [1.54, 1.807) is 12.2 Å². The molecule has 1 aromatic heterocycles. The molecule has 0 spiro atoms. The number of allylic oxidation sites excluding steroid dienone is 17. The minimum atomic E-state index is 0.00811. The summed E-state index contributed by atoms with van der Waals surface area (Å²) in [7, 11) is 0. The van der Waals surface area contributed by atoms with E-state index < -0.39 is 0 Å². The number of benzene rings is 3. The Kier molecular flexibility index (Phi) is 14.6. The van der Waals surface area contributed by atoms with Gasteiger partial charge in [-0.1, -0.05) is 170 Å². The quantitative estimate of drug-likeness (QED) is 0.108. The van der Waals surface area contributed by atoms with E-state index in [4.69, 9.17) is 4.42 Å². The first-order valence-electron chi connectivity index (χ1n) is 17.7. The Morgan fingerprint density at radius 3 is 2.30 bits per heavy atom. The van der Waals surface area contributed by atoms with Crippen LogP contribution in [0.15, 0.2) is 192 Å². The Morgan fingerprint density at radius 2 is 1.62 bits per heavy atom. The summed E-state index contributed by atoms with van der Waals surface area (Å²) >= 11 is 3.42. The zero-order valence-electron chi connectivity index (χ0n) is 31.7. The van der Waals surface area contributed by atoms with Crippen LogP contribution in [-0.4, -0.2) is 0 Å². The maximum atomic E-state index is 6.04. The molecule has 3 aromatic carbocycles. The molecule has 1 aliphatic carbocycles. The molecule has 5 rings (SSSR count). The highest BCUT2D eigenvalue weighted by Crippen LogP contribution is 2.47. The Labute approximate surface area is 325 Å². The fourth-order valence-corrected chi connectivity index (χ4v) is 6.27. The molecule has 1 aliphatic rings. The van der Waals surface area contributed by atoms with Gasteiger partial charge in [-0.25, -0.2) is 0 Å². The average molecular weight is 761 g/mol. The van der Waals surface area contributed by atoms with Gasteiger partial charge in [0, 0.05) is 38.6 Å². The van der Waals surface area contributed by atoms with Crippen molar-refractivity contribution in [1.29, 1.82) is 0 Å². The predicted molar refractivity (Wildman–Crippen MR) is 238 cm³/mol. The maximum absolute atomic E-state index is 6.04. The second-order valence-corrected chi connectivity index (χ2v) is 14.1. The highest BCUT2D eigenvalue weighted by molar-refractivity contribution is 9.11. The molecule has 1 N–H and O–H groups in total. The van der Waals surface area contributed by atoms with Crippen molar-refractivity contribution in [3.05, 3.63) is 215 Å². The van der Waals surface area contributed by atoms with Crippen LogP contribution in [0, 0.1) is 0 Å². The predicted octanol–water partition coefficient (Wildman–Crippen LogP) is 15.1. The highest BCUT2D eigenvalue weighted by Gasteiger charge is 2.34. The van der Waals surface area contributed by atoms with E-state index in [9.17, 15) is 0 Å². The lowest BCUT2D eigenvalue weighted by Gasteiger charge is -2.23. The summed E-state index contributed by atoms with van der Waals surface area (Å²) in [6.45, 7) is 25.9. The molecular weight excluding hydrogens is 710 g/mol. The summed E-state index contributed by atoms with van der Waals surface area (Å²) in [5, 5.41) is 4.68. The van der Waals surface area contributed by atoms with Gasteiger partial charge in [0.1, 0.15) is 11.3 Å². The lowest BCUT2D eigenvalue weighted by Crippen LogP contribution is -2.15. The number of furan rings is 1. The van der Waals surface area contributed by atoms with Crippen LogP contribution in [0.2, 0.25) is 0 Å². The lowest BCUT2D eigenvalue weighted by atomic mass is 9.82. The number of halogens is 1. The number of hydrogen-bond acceptors (Lipinski definition) is 2. The maximum Gasteiger partial charge on any atom is 0.134 e. The van der Waals surface area contributed by atoms with Crippen LogP contribution in [0.4, 0.5) is 11.4 Å². The first-order valence-corrected chi connectivity index (χ1v) is 18.5. The van der Waals surface area contributed by atoms with E-state index >= 15 is 0 Å². The molecule has 0 amide bonds. The molecule has 0 unspecified atom stereocenters. The molecule has 0 aliphatic heterocycles. The number of anilines is 2. The Hall–Kier alpha value is -5.60. The average Bonchev–Trinajstić information content (AvgIpc) is 3.60. The molecule has 0 atom stereocenters. The third-order valence-electron chi connectivity index (χ3n) is 9.27. The van der Waals surface area contributed by atoms with E-state index in [1.807, 2.05) is 73.7 Å². The van der Waals surface area contributed by atoms with Crippen LogP contribution in [0.1, 0.15) is 62.6 Å². The van der Waals surface area contributed by atoms with E-state index in [2.05, 4.69) is 148 Å². The van der Waals surface area contributed by atoms with Gasteiger partial charge >= 0.3 is 0 Å². The number of rotatable bonds is 13. The molecule has 4 aromatic rings. The van der Waals surface area contributed by atoms with Crippen molar-refractivity contribution in [3.63, 3.8) is 0 Å². The van der Waals surface area contributed by atoms with Gasteiger partial charge < -0.3 is 9.73 Å². The summed E-state index contributed by atoms with van der Waals surface area (Å²) in [6, 6.07) is 23.2. The standard InChI is InChI=1S/C29H31N.C21H19BrO/c1-7-10-12-22(9-3)23-14-16-24(17-15-23)30-25-18-19-27-26(13-11-8-2)21(4)29(5,6)28(27)20-25;1-4-6-7-10-19-18-11-8-9-12-20(18)23-21(19)15-16(3)13-14-17(22)5-2/h7-20,30H,2-3H2,1,4-6H3;5-14H,1-2,15H2,3H3/b10-7-,13-11-,22-12+;10-7-,16-13+,17-14+. The van der Waals surface area contributed by atoms with Gasteiger partial charge in [-0.05, 0) is 91.1 Å². The van der Waals surface area contributed by atoms with Gasteiger partial charge in [-0.2, -0.15) is 0 Å². The van der Waals surface area contributed by atoms with Gasteiger partial charge in [0.25, 0.3) is 0 Å². The summed E-state index contributed by atoms with van der Waals surface area (Å²) in [6.07, 6.45) is 26.4. The van der Waals surface area contributed by atoms with Crippen LogP contribution in [-0.2, 0) is 11.8 Å². The Balaban J connectivity index is 0.000000245. The third-order valence-corrected chi connectivity index (χ3v) is 9.86. The number of hydrogen-bond donors (Lipinski definition) is 1. The zero-order chi connectivity index (χ0) is 38.4. The van der Waals surface area contributed by atoms with Crippen molar-refractivity contribution in [2.75, 3.05) is 5.32 Å². The van der Waals surface area contributed by atoms with Crippen molar-refractivity contribution in [1.82, 2.24) is 0 Å². The number of fused-ring (bicyclic) bond motifs is 2. The lowest BCUT2D eigenvalue weighted by molar-refractivity contribution is 0.560. The summed E-state index contributed by atoms with van der Waals surface area (Å²) < 4.78 is 7.00. The molecule has 1 heterocycles. The van der Waals surface area contributed by atoms with Crippen molar-refractivity contribution < 1.29 is 4.42 Å². The smallest absolute Gasteiger partial charge is 0.134 e. The molecule has 0 fully saturated rings. The second kappa shape index (κ2) is 19.3. The molecule has 0 radical (unpaired) electrons. The Bertz CT molecular complexity index is 2230. The van der Waals surface area contributed by atoms with Crippen molar-refractivity contribution in [3.8, 4) is 0 Å². The van der Waals surface area contributed by atoms with Gasteiger partial charge in [0.15, 0.2) is 0 Å². The SMILES string of the molecule is C=C/C=C\C1=C(C)C(C)(C)c2cc(Nc3ccc(/C(C=C)=C/C=C\C)cc3)ccc21.C=C=C/C=C\c1c(C/C(C)=C/C=C(/Br)C=C)oc2ccccc12. The fourth-order valence-electron chi connectivity index (χ4n) is 6.13. The fraction of sp³-hybridized carbons (Fsp3) is 0.140. The number of para-hydroxylation sites is 1. The molecular formula is C50H50BrNO. The normalized spacial score (nSPS) is 14.3. The van der Waals surface area contributed by atoms with E-state index in [0.29, 0.717) is 0 Å². The molecule has 0 saturated carbocycles. The highest BCUT2D eigenvalue weighted by atomic mass is 79.9. The van der Waals surface area contributed by atoms with Crippen LogP contribution in [0.5, 0.6) is 0 Å². The third kappa shape index (κ3) is 10.3. The van der Waals surface area contributed by atoms with Crippen molar-refractivity contribution >= 4 is 55.5 Å². The summed E-state index contributed by atoms with van der Waals surface area (Å²) in [5.41, 5.74) is 15.8. The molecule has 3 heteroatoms. The first kappa shape index (κ1) is 40.2. The van der Waals surface area contributed by atoms with E-state index in [-0.39, 0.29) is 5.41 Å². The molecule has 268 valence electrons. The minimum absolute atomic E-state index is 0.00811. The van der Waals surface area contributed by atoms with E-state index in [0.717, 1.165) is 55.7 Å². The van der Waals surface area contributed by atoms with Crippen molar-refractivity contribution in [2.24, 2.45) is 0 Å². The largest absolute Gasteiger partial charge is 0.460 e. The van der Waals surface area contributed by atoms with Gasteiger partial charge in [-0.15, -0.1) is 5.73 Å². The summed E-state index contributed by atoms with van der Waals surface area (Å²) in [5.74, 6) is 0.955. The van der Waals surface area contributed by atoms with Gasteiger partial charge in [0.05, 0.1) is 0 Å². The first-order chi connectivity index (χ1) is 25.6. The molecule has 2 nitrogen and oxygen atoms in total. The molecule has 0 bridgehead atoms. The Morgan fingerprint density at radius 1 is 0.887 bits per heavy atom. The number of nitrogens with one attached hydrogen (secondary N) is 1.